The number of carbonyl (C=O) groups excluding carboxylic acids is 1. The minimum Gasteiger partial charge on any atom is -0.482 e. The Morgan fingerprint density at radius 3 is 1.80 bits per heavy atom. The Kier molecular flexibility index (Phi) is 4.05. The summed E-state index contributed by atoms with van der Waals surface area (Å²) in [6.07, 6.45) is 0. The molecule has 0 saturated carbocycles. The van der Waals surface area contributed by atoms with Crippen LogP contribution in [0.2, 0.25) is 0 Å². The quantitative estimate of drug-likeness (QED) is 0.391. The number of hydrogen-bond donors (Lipinski definition) is 0. The molecule has 0 fully saturated rings. The second kappa shape index (κ2) is 6.65. The van der Waals surface area contributed by atoms with Gasteiger partial charge in [0.2, 0.25) is 0 Å². The van der Waals surface area contributed by atoms with Crippen LogP contribution in [0.15, 0.2) is 84.9 Å². The van der Waals surface area contributed by atoms with Crippen LogP contribution in [0.1, 0.15) is 0 Å². The van der Waals surface area contributed by atoms with E-state index in [1.807, 2.05) is 78.9 Å². The summed E-state index contributed by atoms with van der Waals surface area (Å²) < 4.78 is 10.9. The average molecular weight is 328 g/mol. The van der Waals surface area contributed by atoms with Crippen LogP contribution >= 0.6 is 0 Å². The number of rotatable bonds is 4. The number of benzene rings is 4. The summed E-state index contributed by atoms with van der Waals surface area (Å²) >= 11 is 0. The molecule has 0 atom stereocenters. The van der Waals surface area contributed by atoms with E-state index in [0.717, 1.165) is 21.5 Å². The first-order valence-corrected chi connectivity index (χ1v) is 8.09. The van der Waals surface area contributed by atoms with Crippen molar-refractivity contribution in [3.63, 3.8) is 0 Å². The van der Waals surface area contributed by atoms with Gasteiger partial charge >= 0.3 is 5.97 Å². The Morgan fingerprint density at radius 2 is 1.16 bits per heavy atom. The molecule has 4 rings (SSSR count). The van der Waals surface area contributed by atoms with Crippen molar-refractivity contribution in [3.05, 3.63) is 84.9 Å². The first kappa shape index (κ1) is 15.2. The van der Waals surface area contributed by atoms with Crippen molar-refractivity contribution in [3.8, 4) is 11.5 Å². The van der Waals surface area contributed by atoms with Crippen molar-refractivity contribution in [2.24, 2.45) is 0 Å². The maximum Gasteiger partial charge on any atom is 0.349 e. The first-order chi connectivity index (χ1) is 12.3. The van der Waals surface area contributed by atoms with Crippen molar-refractivity contribution < 1.29 is 14.3 Å². The van der Waals surface area contributed by atoms with Gasteiger partial charge in [-0.15, -0.1) is 0 Å². The topological polar surface area (TPSA) is 35.5 Å². The molecular formula is C22H16O3. The van der Waals surface area contributed by atoms with Gasteiger partial charge in [0.05, 0.1) is 0 Å². The van der Waals surface area contributed by atoms with E-state index >= 15 is 0 Å². The van der Waals surface area contributed by atoms with Crippen molar-refractivity contribution in [1.82, 2.24) is 0 Å². The third-order valence-electron chi connectivity index (χ3n) is 4.03. The van der Waals surface area contributed by atoms with E-state index in [2.05, 4.69) is 0 Å². The van der Waals surface area contributed by atoms with Crippen molar-refractivity contribution in [2.45, 2.75) is 0 Å². The van der Waals surface area contributed by atoms with Crippen LogP contribution in [-0.4, -0.2) is 12.6 Å². The molecular weight excluding hydrogens is 312 g/mol. The minimum absolute atomic E-state index is 0.134. The van der Waals surface area contributed by atoms with Crippen LogP contribution in [-0.2, 0) is 4.79 Å². The summed E-state index contributed by atoms with van der Waals surface area (Å²) in [6, 6.07) is 27.3. The fourth-order valence-electron chi connectivity index (χ4n) is 2.79. The molecule has 3 nitrogen and oxygen atoms in total. The van der Waals surface area contributed by atoms with Gasteiger partial charge in [-0.25, -0.2) is 4.79 Å². The van der Waals surface area contributed by atoms with Crippen LogP contribution < -0.4 is 9.47 Å². The number of fused-ring (bicyclic) bond motifs is 2. The van der Waals surface area contributed by atoms with E-state index < -0.39 is 5.97 Å². The van der Waals surface area contributed by atoms with Crippen LogP contribution in [0.3, 0.4) is 0 Å². The van der Waals surface area contributed by atoms with Gasteiger partial charge in [0.25, 0.3) is 0 Å². The molecule has 0 aromatic heterocycles. The van der Waals surface area contributed by atoms with Crippen molar-refractivity contribution in [1.29, 1.82) is 0 Å². The maximum absolute atomic E-state index is 12.0. The zero-order valence-corrected chi connectivity index (χ0v) is 13.5. The highest BCUT2D eigenvalue weighted by Crippen LogP contribution is 2.22. The standard InChI is InChI=1S/C22H16O3/c23-22(25-21-12-10-17-6-2-4-8-19(17)14-21)15-24-20-11-9-16-5-1-3-7-18(16)13-20/h1-14H,15H2. The van der Waals surface area contributed by atoms with Gasteiger partial charge in [0, 0.05) is 0 Å². The summed E-state index contributed by atoms with van der Waals surface area (Å²) in [7, 11) is 0. The maximum atomic E-state index is 12.0. The van der Waals surface area contributed by atoms with Gasteiger partial charge in [-0.2, -0.15) is 0 Å². The molecule has 0 aliphatic rings. The lowest BCUT2D eigenvalue weighted by molar-refractivity contribution is -0.136. The molecule has 0 heterocycles. The Labute approximate surface area is 145 Å². The van der Waals surface area contributed by atoms with Gasteiger partial charge in [0.1, 0.15) is 11.5 Å². The van der Waals surface area contributed by atoms with E-state index in [1.165, 1.54) is 0 Å². The van der Waals surface area contributed by atoms with Gasteiger partial charge < -0.3 is 9.47 Å². The molecule has 0 saturated heterocycles. The SMILES string of the molecule is O=C(COc1ccc2ccccc2c1)Oc1ccc2ccccc2c1. The number of ether oxygens (including phenoxy) is 2. The summed E-state index contributed by atoms with van der Waals surface area (Å²) in [5.41, 5.74) is 0. The molecule has 3 heteroatoms. The number of carbonyl (C=O) groups is 1. The number of esters is 1. The normalized spacial score (nSPS) is 10.7. The molecule has 0 amide bonds. The van der Waals surface area contributed by atoms with Crippen LogP contribution in [0.4, 0.5) is 0 Å². The molecule has 0 aliphatic carbocycles. The Balaban J connectivity index is 1.42. The van der Waals surface area contributed by atoms with Crippen molar-refractivity contribution in [2.75, 3.05) is 6.61 Å². The molecule has 0 spiro atoms. The summed E-state index contributed by atoms with van der Waals surface area (Å²) in [5, 5.41) is 4.34. The van der Waals surface area contributed by atoms with E-state index in [9.17, 15) is 4.79 Å². The lowest BCUT2D eigenvalue weighted by Gasteiger charge is -2.08. The van der Waals surface area contributed by atoms with Gasteiger partial charge in [-0.1, -0.05) is 60.7 Å². The fraction of sp³-hybridized carbons (Fsp3) is 0.0455. The zero-order valence-electron chi connectivity index (χ0n) is 13.5. The van der Waals surface area contributed by atoms with E-state index in [1.54, 1.807) is 6.07 Å². The summed E-state index contributed by atoms with van der Waals surface area (Å²) in [4.78, 5) is 12.0. The van der Waals surface area contributed by atoms with Crippen LogP contribution in [0.25, 0.3) is 21.5 Å². The Hall–Kier alpha value is -3.33. The van der Waals surface area contributed by atoms with Crippen LogP contribution in [0.5, 0.6) is 11.5 Å². The van der Waals surface area contributed by atoms with Gasteiger partial charge in [-0.3, -0.25) is 0 Å². The second-order valence-corrected chi connectivity index (χ2v) is 5.78. The highest BCUT2D eigenvalue weighted by molar-refractivity contribution is 5.85. The van der Waals surface area contributed by atoms with E-state index in [-0.39, 0.29) is 6.61 Å². The number of hydrogen-bond acceptors (Lipinski definition) is 3. The minimum atomic E-state index is -0.427. The average Bonchev–Trinajstić information content (AvgIpc) is 2.66. The molecule has 0 N–H and O–H groups in total. The Bertz CT molecular complexity index is 1050. The zero-order chi connectivity index (χ0) is 17.1. The molecule has 0 aliphatic heterocycles. The molecule has 0 unspecified atom stereocenters. The molecule has 4 aromatic carbocycles. The Morgan fingerprint density at radius 1 is 0.640 bits per heavy atom. The molecule has 122 valence electrons. The molecule has 0 radical (unpaired) electrons. The third kappa shape index (κ3) is 3.45. The highest BCUT2D eigenvalue weighted by Gasteiger charge is 2.07. The van der Waals surface area contributed by atoms with E-state index in [0.29, 0.717) is 11.5 Å². The second-order valence-electron chi connectivity index (χ2n) is 5.78. The lowest BCUT2D eigenvalue weighted by atomic mass is 10.1. The summed E-state index contributed by atoms with van der Waals surface area (Å²) in [6.45, 7) is -0.134. The third-order valence-corrected chi connectivity index (χ3v) is 4.03. The van der Waals surface area contributed by atoms with E-state index in [4.69, 9.17) is 9.47 Å². The first-order valence-electron chi connectivity index (χ1n) is 8.09. The molecule has 4 aromatic rings. The molecule has 25 heavy (non-hydrogen) atoms. The fourth-order valence-corrected chi connectivity index (χ4v) is 2.79. The highest BCUT2D eigenvalue weighted by atomic mass is 16.6. The van der Waals surface area contributed by atoms with Crippen LogP contribution in [0, 0.1) is 0 Å². The monoisotopic (exact) mass is 328 g/mol. The molecule has 0 bridgehead atoms. The smallest absolute Gasteiger partial charge is 0.349 e. The predicted molar refractivity (Wildman–Crippen MR) is 99.0 cm³/mol. The largest absolute Gasteiger partial charge is 0.482 e. The van der Waals surface area contributed by atoms with Gasteiger partial charge in [0.15, 0.2) is 6.61 Å². The summed E-state index contributed by atoms with van der Waals surface area (Å²) in [5.74, 6) is 0.739. The van der Waals surface area contributed by atoms with Gasteiger partial charge in [-0.05, 0) is 45.8 Å². The van der Waals surface area contributed by atoms with Crippen molar-refractivity contribution >= 4 is 27.5 Å². The predicted octanol–water partition coefficient (Wildman–Crippen LogP) is 4.98. The lowest BCUT2D eigenvalue weighted by Crippen LogP contribution is -2.17.